The van der Waals surface area contributed by atoms with Crippen molar-refractivity contribution in [3.8, 4) is 22.9 Å². The molecule has 3 aromatic heterocycles. The number of hydrogen-bond acceptors (Lipinski definition) is 7. The lowest BCUT2D eigenvalue weighted by atomic mass is 10.1. The topological polar surface area (TPSA) is 95.2 Å². The van der Waals surface area contributed by atoms with E-state index < -0.39 is 10.8 Å². The maximum absolute atomic E-state index is 12.4. The van der Waals surface area contributed by atoms with Crippen molar-refractivity contribution in [1.82, 2.24) is 15.3 Å². The fourth-order valence-corrected chi connectivity index (χ4v) is 3.48. The van der Waals surface area contributed by atoms with Gasteiger partial charge in [0.1, 0.15) is 5.75 Å². The first kappa shape index (κ1) is 16.5. The van der Waals surface area contributed by atoms with E-state index in [-0.39, 0.29) is 11.5 Å². The van der Waals surface area contributed by atoms with Crippen molar-refractivity contribution in [2.24, 2.45) is 0 Å². The van der Waals surface area contributed by atoms with Crippen LogP contribution in [0.3, 0.4) is 0 Å². The second-order valence-electron chi connectivity index (χ2n) is 5.71. The fraction of sp³-hybridized carbons (Fsp3) is 0.167. The zero-order valence-electron chi connectivity index (χ0n) is 13.9. The molecule has 0 unspecified atom stereocenters. The Hall–Kier alpha value is -3.00. The molecule has 26 heavy (non-hydrogen) atoms. The molecule has 3 heterocycles. The van der Waals surface area contributed by atoms with Crippen LogP contribution in [0.1, 0.15) is 17.1 Å². The quantitative estimate of drug-likeness (QED) is 0.511. The highest BCUT2D eigenvalue weighted by Crippen LogP contribution is 2.22. The number of aryl methyl sites for hydroxylation is 1. The number of benzene rings is 1. The molecule has 4 aromatic rings. The van der Waals surface area contributed by atoms with Crippen LogP contribution in [0.4, 0.5) is 0 Å². The normalized spacial score (nSPS) is 12.3. The smallest absolute Gasteiger partial charge is 0.239 e. The molecule has 0 aliphatic rings. The number of rotatable bonds is 6. The molecule has 4 rings (SSSR count). The summed E-state index contributed by atoms with van der Waals surface area (Å²) in [5.74, 6) is 2.29. The molecule has 0 amide bonds. The Morgan fingerprint density at radius 1 is 1.00 bits per heavy atom. The van der Waals surface area contributed by atoms with Crippen molar-refractivity contribution in [3.05, 3.63) is 65.9 Å². The minimum absolute atomic E-state index is 0.155. The fourth-order valence-electron chi connectivity index (χ4n) is 2.52. The monoisotopic (exact) mass is 369 g/mol. The van der Waals surface area contributed by atoms with Gasteiger partial charge in [-0.05, 0) is 24.6 Å². The molecule has 0 N–H and O–H groups in total. The average molecular weight is 369 g/mol. The Morgan fingerprint density at radius 2 is 1.88 bits per heavy atom. The summed E-state index contributed by atoms with van der Waals surface area (Å²) in [4.78, 5) is 4.34. The molecule has 0 fully saturated rings. The lowest BCUT2D eigenvalue weighted by Crippen LogP contribution is -2.00. The summed E-state index contributed by atoms with van der Waals surface area (Å²) in [7, 11) is -1.25. The minimum atomic E-state index is -1.25. The standard InChI is InChI=1S/C18H15N3O4S/c1-12-5-2-3-6-14(12)18-19-17(25-21-18)11-26(22)10-13-9-16(24-20-13)15-7-4-8-23-15/h2-9H,10-11H2,1H3/t26-/m1/s1. The lowest BCUT2D eigenvalue weighted by Gasteiger charge is -1.98. The van der Waals surface area contributed by atoms with Crippen molar-refractivity contribution >= 4 is 10.8 Å². The van der Waals surface area contributed by atoms with E-state index in [2.05, 4.69) is 15.3 Å². The molecule has 0 bridgehead atoms. The Bertz CT molecular complexity index is 1040. The zero-order chi connectivity index (χ0) is 17.9. The van der Waals surface area contributed by atoms with Gasteiger partial charge in [0.15, 0.2) is 5.76 Å². The van der Waals surface area contributed by atoms with Crippen LogP contribution in [-0.2, 0) is 22.3 Å². The maximum atomic E-state index is 12.4. The molecular weight excluding hydrogens is 354 g/mol. The summed E-state index contributed by atoms with van der Waals surface area (Å²) >= 11 is 0. The number of nitrogens with zero attached hydrogens (tertiary/aromatic N) is 3. The van der Waals surface area contributed by atoms with Crippen LogP contribution < -0.4 is 0 Å². The van der Waals surface area contributed by atoms with Gasteiger partial charge in [0.05, 0.1) is 17.7 Å². The van der Waals surface area contributed by atoms with Gasteiger partial charge in [-0.15, -0.1) is 0 Å². The highest BCUT2D eigenvalue weighted by atomic mass is 32.2. The molecule has 8 heteroatoms. The second kappa shape index (κ2) is 7.09. The second-order valence-corrected chi connectivity index (χ2v) is 7.17. The van der Waals surface area contributed by atoms with Gasteiger partial charge in [0.2, 0.25) is 17.5 Å². The van der Waals surface area contributed by atoms with Gasteiger partial charge in [-0.1, -0.05) is 34.6 Å². The van der Waals surface area contributed by atoms with Gasteiger partial charge in [-0.25, -0.2) is 0 Å². The first-order valence-corrected chi connectivity index (χ1v) is 9.41. The minimum Gasteiger partial charge on any atom is -0.461 e. The predicted octanol–water partition coefficient (Wildman–Crippen LogP) is 3.74. The summed E-state index contributed by atoms with van der Waals surface area (Å²) in [6.07, 6.45) is 1.55. The summed E-state index contributed by atoms with van der Waals surface area (Å²) < 4.78 is 28.1. The van der Waals surface area contributed by atoms with E-state index >= 15 is 0 Å². The van der Waals surface area contributed by atoms with E-state index in [1.54, 1.807) is 24.5 Å². The molecule has 0 saturated heterocycles. The zero-order valence-corrected chi connectivity index (χ0v) is 14.7. The number of hydrogen-bond donors (Lipinski definition) is 0. The molecule has 1 aromatic carbocycles. The Kier molecular flexibility index (Phi) is 4.49. The molecule has 7 nitrogen and oxygen atoms in total. The molecule has 0 aliphatic carbocycles. The van der Waals surface area contributed by atoms with Crippen LogP contribution in [0.2, 0.25) is 0 Å². The third-order valence-corrected chi connectivity index (χ3v) is 4.96. The van der Waals surface area contributed by atoms with Crippen LogP contribution in [0.5, 0.6) is 0 Å². The number of aromatic nitrogens is 3. The van der Waals surface area contributed by atoms with E-state index in [0.29, 0.717) is 28.9 Å². The van der Waals surface area contributed by atoms with Gasteiger partial charge in [0.25, 0.3) is 0 Å². The summed E-state index contributed by atoms with van der Waals surface area (Å²) in [6, 6.07) is 13.0. The van der Waals surface area contributed by atoms with Crippen molar-refractivity contribution in [2.45, 2.75) is 18.4 Å². The molecule has 1 atom stereocenters. The predicted molar refractivity (Wildman–Crippen MR) is 94.2 cm³/mol. The third kappa shape index (κ3) is 3.50. The van der Waals surface area contributed by atoms with E-state index in [1.165, 1.54) is 0 Å². The van der Waals surface area contributed by atoms with E-state index in [1.807, 2.05) is 31.2 Å². The first-order valence-electron chi connectivity index (χ1n) is 7.92. The van der Waals surface area contributed by atoms with Crippen LogP contribution in [-0.4, -0.2) is 19.5 Å². The maximum Gasteiger partial charge on any atom is 0.239 e. The SMILES string of the molecule is Cc1ccccc1-c1noc(C[S@](=O)Cc2cc(-c3ccco3)on2)n1. The van der Waals surface area contributed by atoms with E-state index in [4.69, 9.17) is 13.5 Å². The van der Waals surface area contributed by atoms with Gasteiger partial charge >= 0.3 is 0 Å². The van der Waals surface area contributed by atoms with E-state index in [0.717, 1.165) is 11.1 Å². The van der Waals surface area contributed by atoms with Gasteiger partial charge < -0.3 is 13.5 Å². The van der Waals surface area contributed by atoms with Crippen LogP contribution in [0, 0.1) is 6.92 Å². The van der Waals surface area contributed by atoms with Crippen molar-refractivity contribution in [2.75, 3.05) is 0 Å². The average Bonchev–Trinajstić information content (AvgIpc) is 3.36. The molecule has 0 aliphatic heterocycles. The van der Waals surface area contributed by atoms with Crippen molar-refractivity contribution < 1.29 is 17.7 Å². The molecule has 0 radical (unpaired) electrons. The van der Waals surface area contributed by atoms with Gasteiger partial charge in [-0.2, -0.15) is 4.98 Å². The largest absolute Gasteiger partial charge is 0.461 e. The first-order chi connectivity index (χ1) is 12.7. The molecule has 0 saturated carbocycles. The molecular formula is C18H15N3O4S. The Balaban J connectivity index is 1.42. The third-order valence-electron chi connectivity index (χ3n) is 3.77. The highest BCUT2D eigenvalue weighted by Gasteiger charge is 2.16. The number of furan rings is 1. The van der Waals surface area contributed by atoms with E-state index in [9.17, 15) is 4.21 Å². The van der Waals surface area contributed by atoms with Crippen LogP contribution in [0.15, 0.2) is 62.2 Å². The lowest BCUT2D eigenvalue weighted by molar-refractivity contribution is 0.390. The van der Waals surface area contributed by atoms with Crippen molar-refractivity contribution in [1.29, 1.82) is 0 Å². The molecule has 132 valence electrons. The highest BCUT2D eigenvalue weighted by molar-refractivity contribution is 7.83. The Labute approximate surface area is 151 Å². The van der Waals surface area contributed by atoms with Gasteiger partial charge in [0, 0.05) is 22.4 Å². The summed E-state index contributed by atoms with van der Waals surface area (Å²) in [5.41, 5.74) is 2.52. The van der Waals surface area contributed by atoms with Crippen LogP contribution in [0.25, 0.3) is 22.9 Å². The summed E-state index contributed by atoms with van der Waals surface area (Å²) in [5, 5.41) is 7.90. The van der Waals surface area contributed by atoms with Gasteiger partial charge in [-0.3, -0.25) is 4.21 Å². The summed E-state index contributed by atoms with van der Waals surface area (Å²) in [6.45, 7) is 1.98. The Morgan fingerprint density at radius 3 is 2.69 bits per heavy atom. The van der Waals surface area contributed by atoms with Crippen LogP contribution >= 0.6 is 0 Å². The van der Waals surface area contributed by atoms with Crippen molar-refractivity contribution in [3.63, 3.8) is 0 Å². The molecule has 0 spiro atoms.